The van der Waals surface area contributed by atoms with E-state index in [1.54, 1.807) is 20.8 Å². The SMILES string of the molecule is Cc1[nH]c2ccccc2c1C(=O)COC(=O)[C@H](NC(=O)c1ccccc1F)C(C)C. The second-order valence-electron chi connectivity index (χ2n) is 7.38. The molecular weight excluding hydrogens is 387 g/mol. The summed E-state index contributed by atoms with van der Waals surface area (Å²) in [6.45, 7) is 4.76. The average molecular weight is 410 g/mol. The van der Waals surface area contributed by atoms with Crippen LogP contribution in [0.4, 0.5) is 4.39 Å². The molecule has 0 fully saturated rings. The highest BCUT2D eigenvalue weighted by molar-refractivity contribution is 6.10. The first-order chi connectivity index (χ1) is 14.3. The van der Waals surface area contributed by atoms with Crippen LogP contribution in [0.3, 0.4) is 0 Å². The highest BCUT2D eigenvalue weighted by atomic mass is 19.1. The molecule has 0 aliphatic rings. The number of ether oxygens (including phenoxy) is 1. The smallest absolute Gasteiger partial charge is 0.329 e. The first-order valence-electron chi connectivity index (χ1n) is 9.62. The Morgan fingerprint density at radius 3 is 2.43 bits per heavy atom. The van der Waals surface area contributed by atoms with Crippen LogP contribution in [-0.2, 0) is 9.53 Å². The van der Waals surface area contributed by atoms with E-state index >= 15 is 0 Å². The molecule has 30 heavy (non-hydrogen) atoms. The van der Waals surface area contributed by atoms with Crippen molar-refractivity contribution in [3.8, 4) is 0 Å². The molecule has 156 valence electrons. The molecule has 0 saturated heterocycles. The van der Waals surface area contributed by atoms with Gasteiger partial charge in [-0.15, -0.1) is 0 Å². The fourth-order valence-electron chi connectivity index (χ4n) is 3.30. The van der Waals surface area contributed by atoms with Crippen LogP contribution in [-0.4, -0.2) is 35.3 Å². The van der Waals surface area contributed by atoms with E-state index in [0.29, 0.717) is 11.3 Å². The van der Waals surface area contributed by atoms with Gasteiger partial charge in [0.2, 0.25) is 5.78 Å². The van der Waals surface area contributed by atoms with Crippen LogP contribution in [0.15, 0.2) is 48.5 Å². The minimum absolute atomic E-state index is 0.165. The lowest BCUT2D eigenvalue weighted by Gasteiger charge is -2.21. The third kappa shape index (κ3) is 4.40. The zero-order chi connectivity index (χ0) is 21.8. The molecule has 3 aromatic rings. The molecular formula is C23H23FN2O4. The number of aromatic amines is 1. The Morgan fingerprint density at radius 2 is 1.73 bits per heavy atom. The van der Waals surface area contributed by atoms with Gasteiger partial charge >= 0.3 is 5.97 Å². The van der Waals surface area contributed by atoms with E-state index in [4.69, 9.17) is 4.74 Å². The number of Topliss-reactive ketones (excluding diaryl/α,β-unsaturated/α-hetero) is 1. The lowest BCUT2D eigenvalue weighted by atomic mass is 10.0. The average Bonchev–Trinajstić information content (AvgIpc) is 3.05. The Bertz CT molecular complexity index is 1100. The van der Waals surface area contributed by atoms with Crippen molar-refractivity contribution < 1.29 is 23.5 Å². The number of hydrogen-bond donors (Lipinski definition) is 2. The van der Waals surface area contributed by atoms with Crippen LogP contribution in [0.1, 0.15) is 40.3 Å². The van der Waals surface area contributed by atoms with Crippen LogP contribution < -0.4 is 5.32 Å². The number of fused-ring (bicyclic) bond motifs is 1. The van der Waals surface area contributed by atoms with Crippen LogP contribution in [0, 0.1) is 18.7 Å². The summed E-state index contributed by atoms with van der Waals surface area (Å²) in [5.41, 5.74) is 1.81. The van der Waals surface area contributed by atoms with Crippen molar-refractivity contribution in [3.63, 3.8) is 0 Å². The number of ketones is 1. The predicted molar refractivity (Wildman–Crippen MR) is 111 cm³/mol. The maximum absolute atomic E-state index is 13.8. The normalized spacial score (nSPS) is 12.0. The van der Waals surface area contributed by atoms with E-state index in [1.165, 1.54) is 24.3 Å². The summed E-state index contributed by atoms with van der Waals surface area (Å²) in [4.78, 5) is 40.8. The van der Waals surface area contributed by atoms with E-state index in [9.17, 15) is 18.8 Å². The lowest BCUT2D eigenvalue weighted by molar-refractivity contribution is -0.145. The van der Waals surface area contributed by atoms with Crippen molar-refractivity contribution >= 4 is 28.6 Å². The number of amides is 1. The maximum atomic E-state index is 13.8. The first kappa shape index (κ1) is 21.2. The Kier molecular flexibility index (Phi) is 6.30. The molecule has 0 aliphatic heterocycles. The van der Waals surface area contributed by atoms with Crippen molar-refractivity contribution in [3.05, 3.63) is 71.2 Å². The van der Waals surface area contributed by atoms with Gasteiger partial charge in [-0.3, -0.25) is 9.59 Å². The summed E-state index contributed by atoms with van der Waals surface area (Å²) in [6, 6.07) is 11.8. The molecule has 2 aromatic carbocycles. The maximum Gasteiger partial charge on any atom is 0.329 e. The van der Waals surface area contributed by atoms with Gasteiger partial charge in [0.1, 0.15) is 11.9 Å². The summed E-state index contributed by atoms with van der Waals surface area (Å²) in [5, 5.41) is 3.26. The molecule has 0 spiro atoms. The molecule has 0 radical (unpaired) electrons. The van der Waals surface area contributed by atoms with Gasteiger partial charge in [0, 0.05) is 22.2 Å². The van der Waals surface area contributed by atoms with E-state index in [1.807, 2.05) is 24.3 Å². The second-order valence-corrected chi connectivity index (χ2v) is 7.38. The van der Waals surface area contributed by atoms with Crippen molar-refractivity contribution in [2.75, 3.05) is 6.61 Å². The Labute approximate surface area is 173 Å². The number of halogens is 1. The summed E-state index contributed by atoms with van der Waals surface area (Å²) < 4.78 is 19.1. The number of H-pyrrole nitrogens is 1. The monoisotopic (exact) mass is 410 g/mol. The topological polar surface area (TPSA) is 88.3 Å². The number of aryl methyl sites for hydroxylation is 1. The number of para-hydroxylation sites is 1. The second kappa shape index (κ2) is 8.90. The van der Waals surface area contributed by atoms with Crippen molar-refractivity contribution in [1.29, 1.82) is 0 Å². The molecule has 0 unspecified atom stereocenters. The molecule has 1 amide bonds. The first-order valence-corrected chi connectivity index (χ1v) is 9.62. The number of benzene rings is 2. The molecule has 0 aliphatic carbocycles. The fourth-order valence-corrected chi connectivity index (χ4v) is 3.30. The number of hydrogen-bond acceptors (Lipinski definition) is 4. The molecule has 7 heteroatoms. The van der Waals surface area contributed by atoms with E-state index < -0.39 is 30.3 Å². The summed E-state index contributed by atoms with van der Waals surface area (Å²) in [7, 11) is 0. The highest BCUT2D eigenvalue weighted by Gasteiger charge is 2.28. The summed E-state index contributed by atoms with van der Waals surface area (Å²) >= 11 is 0. The number of nitrogens with one attached hydrogen (secondary N) is 2. The third-order valence-electron chi connectivity index (χ3n) is 4.84. The number of esters is 1. The number of carbonyl (C=O) groups excluding carboxylic acids is 3. The van der Waals surface area contributed by atoms with Gasteiger partial charge in [0.15, 0.2) is 6.61 Å². The standard InChI is InChI=1S/C23H23FN2O4/c1-13(2)21(26-22(28)15-8-4-6-10-17(15)24)23(29)30-12-19(27)20-14(3)25-18-11-7-5-9-16(18)20/h4-11,13,21,25H,12H2,1-3H3,(H,26,28)/t21-/m1/s1. The van der Waals surface area contributed by atoms with E-state index in [0.717, 1.165) is 10.9 Å². The van der Waals surface area contributed by atoms with E-state index in [2.05, 4.69) is 10.3 Å². The Morgan fingerprint density at radius 1 is 1.07 bits per heavy atom. The molecule has 1 atom stereocenters. The van der Waals surface area contributed by atoms with Gasteiger partial charge in [0.25, 0.3) is 5.91 Å². The zero-order valence-corrected chi connectivity index (χ0v) is 17.0. The Hall–Kier alpha value is -3.48. The molecule has 6 nitrogen and oxygen atoms in total. The summed E-state index contributed by atoms with van der Waals surface area (Å²) in [6.07, 6.45) is 0. The number of rotatable bonds is 7. The fraction of sp³-hybridized carbons (Fsp3) is 0.261. The van der Waals surface area contributed by atoms with Gasteiger partial charge in [-0.25, -0.2) is 9.18 Å². The van der Waals surface area contributed by atoms with Gasteiger partial charge < -0.3 is 15.0 Å². The van der Waals surface area contributed by atoms with Gasteiger partial charge in [-0.2, -0.15) is 0 Å². The van der Waals surface area contributed by atoms with Gasteiger partial charge in [-0.05, 0) is 31.0 Å². The zero-order valence-electron chi connectivity index (χ0n) is 17.0. The summed E-state index contributed by atoms with van der Waals surface area (Å²) in [5.74, 6) is -2.82. The van der Waals surface area contributed by atoms with Crippen LogP contribution in [0.25, 0.3) is 10.9 Å². The quantitative estimate of drug-likeness (QED) is 0.458. The number of aromatic nitrogens is 1. The van der Waals surface area contributed by atoms with Crippen molar-refractivity contribution in [1.82, 2.24) is 10.3 Å². The van der Waals surface area contributed by atoms with Crippen molar-refractivity contribution in [2.24, 2.45) is 5.92 Å². The van der Waals surface area contributed by atoms with E-state index in [-0.39, 0.29) is 17.3 Å². The minimum Gasteiger partial charge on any atom is -0.456 e. The van der Waals surface area contributed by atoms with Gasteiger partial charge in [0.05, 0.1) is 5.56 Å². The lowest BCUT2D eigenvalue weighted by Crippen LogP contribution is -2.46. The highest BCUT2D eigenvalue weighted by Crippen LogP contribution is 2.22. The molecule has 3 rings (SSSR count). The predicted octanol–water partition coefficient (Wildman–Crippen LogP) is 3.80. The third-order valence-corrected chi connectivity index (χ3v) is 4.84. The molecule has 0 bridgehead atoms. The Balaban J connectivity index is 1.69. The molecule has 1 heterocycles. The van der Waals surface area contributed by atoms with Gasteiger partial charge in [-0.1, -0.05) is 44.2 Å². The molecule has 0 saturated carbocycles. The molecule has 2 N–H and O–H groups in total. The van der Waals surface area contributed by atoms with Crippen LogP contribution in [0.5, 0.6) is 0 Å². The van der Waals surface area contributed by atoms with Crippen LogP contribution >= 0.6 is 0 Å². The largest absolute Gasteiger partial charge is 0.456 e. The van der Waals surface area contributed by atoms with Crippen molar-refractivity contribution in [2.45, 2.75) is 26.8 Å². The minimum atomic E-state index is -1.02. The number of carbonyl (C=O) groups is 3. The van der Waals surface area contributed by atoms with Crippen LogP contribution in [0.2, 0.25) is 0 Å². The molecule has 1 aromatic heterocycles.